The lowest BCUT2D eigenvalue weighted by Gasteiger charge is -2.24. The number of hydrogen-bond donors (Lipinski definition) is 1. The van der Waals surface area contributed by atoms with Crippen molar-refractivity contribution in [3.8, 4) is 0 Å². The lowest BCUT2D eigenvalue weighted by Crippen LogP contribution is -2.42. The Labute approximate surface area is 100 Å². The fourth-order valence-corrected chi connectivity index (χ4v) is 2.23. The SMILES string of the molecule is Cc1ccc(C)c(N2C(=O)CCC2C(N)=O)c1. The third-order valence-corrected chi connectivity index (χ3v) is 3.16. The van der Waals surface area contributed by atoms with Crippen LogP contribution in [0.3, 0.4) is 0 Å². The first-order valence-electron chi connectivity index (χ1n) is 5.69. The predicted molar refractivity (Wildman–Crippen MR) is 65.6 cm³/mol. The van der Waals surface area contributed by atoms with Crippen molar-refractivity contribution in [3.63, 3.8) is 0 Å². The van der Waals surface area contributed by atoms with Gasteiger partial charge in [-0.2, -0.15) is 0 Å². The summed E-state index contributed by atoms with van der Waals surface area (Å²) in [6.45, 7) is 3.89. The Morgan fingerprint density at radius 3 is 2.76 bits per heavy atom. The van der Waals surface area contributed by atoms with Crippen molar-refractivity contribution >= 4 is 17.5 Å². The van der Waals surface area contributed by atoms with Crippen LogP contribution in [0.2, 0.25) is 0 Å². The molecule has 1 fully saturated rings. The van der Waals surface area contributed by atoms with E-state index in [1.165, 1.54) is 0 Å². The van der Waals surface area contributed by atoms with E-state index in [1.807, 2.05) is 32.0 Å². The minimum atomic E-state index is -0.497. The first-order chi connectivity index (χ1) is 8.00. The fraction of sp³-hybridized carbons (Fsp3) is 0.385. The summed E-state index contributed by atoms with van der Waals surface area (Å²) in [7, 11) is 0. The molecule has 1 aliphatic rings. The summed E-state index contributed by atoms with van der Waals surface area (Å²) in [5.74, 6) is -0.459. The van der Waals surface area contributed by atoms with Crippen molar-refractivity contribution in [1.82, 2.24) is 0 Å². The first kappa shape index (κ1) is 11.6. The van der Waals surface area contributed by atoms with E-state index in [-0.39, 0.29) is 5.91 Å². The Hall–Kier alpha value is -1.84. The molecule has 0 bridgehead atoms. The van der Waals surface area contributed by atoms with Gasteiger partial charge in [0.05, 0.1) is 0 Å². The van der Waals surface area contributed by atoms with E-state index in [9.17, 15) is 9.59 Å². The van der Waals surface area contributed by atoms with E-state index in [4.69, 9.17) is 5.73 Å². The van der Waals surface area contributed by atoms with E-state index in [2.05, 4.69) is 0 Å². The highest BCUT2D eigenvalue weighted by molar-refractivity contribution is 6.03. The zero-order valence-electron chi connectivity index (χ0n) is 10.1. The number of rotatable bonds is 2. The Bertz CT molecular complexity index is 482. The third kappa shape index (κ3) is 2.02. The maximum Gasteiger partial charge on any atom is 0.240 e. The summed E-state index contributed by atoms with van der Waals surface area (Å²) in [5.41, 5.74) is 8.19. The van der Waals surface area contributed by atoms with Gasteiger partial charge < -0.3 is 5.73 Å². The molecular formula is C13H16N2O2. The highest BCUT2D eigenvalue weighted by Crippen LogP contribution is 2.30. The van der Waals surface area contributed by atoms with Gasteiger partial charge in [0.2, 0.25) is 11.8 Å². The minimum absolute atomic E-state index is 0.0255. The van der Waals surface area contributed by atoms with Gasteiger partial charge in [-0.15, -0.1) is 0 Å². The molecule has 0 spiro atoms. The molecular weight excluding hydrogens is 216 g/mol. The fourth-order valence-electron chi connectivity index (χ4n) is 2.23. The number of hydrogen-bond acceptors (Lipinski definition) is 2. The number of benzene rings is 1. The van der Waals surface area contributed by atoms with E-state index in [0.717, 1.165) is 16.8 Å². The van der Waals surface area contributed by atoms with Gasteiger partial charge in [0, 0.05) is 12.1 Å². The molecule has 0 aliphatic carbocycles. The molecule has 2 N–H and O–H groups in total. The van der Waals surface area contributed by atoms with E-state index >= 15 is 0 Å². The summed E-state index contributed by atoms with van der Waals surface area (Å²) >= 11 is 0. The molecule has 1 aromatic carbocycles. The molecule has 1 aromatic rings. The second-order valence-corrected chi connectivity index (χ2v) is 4.51. The molecule has 17 heavy (non-hydrogen) atoms. The second-order valence-electron chi connectivity index (χ2n) is 4.51. The molecule has 4 heteroatoms. The van der Waals surface area contributed by atoms with Crippen molar-refractivity contribution in [3.05, 3.63) is 29.3 Å². The zero-order valence-corrected chi connectivity index (χ0v) is 10.1. The van der Waals surface area contributed by atoms with Crippen LogP contribution >= 0.6 is 0 Å². The van der Waals surface area contributed by atoms with Crippen LogP contribution < -0.4 is 10.6 Å². The highest BCUT2D eigenvalue weighted by atomic mass is 16.2. The van der Waals surface area contributed by atoms with Gasteiger partial charge in [-0.1, -0.05) is 12.1 Å². The number of amides is 2. The molecule has 1 aliphatic heterocycles. The molecule has 1 heterocycles. The Kier molecular flexibility index (Phi) is 2.88. The van der Waals surface area contributed by atoms with Gasteiger partial charge in [-0.3, -0.25) is 14.5 Å². The van der Waals surface area contributed by atoms with Crippen LogP contribution in [0.4, 0.5) is 5.69 Å². The van der Waals surface area contributed by atoms with E-state index < -0.39 is 11.9 Å². The predicted octanol–water partition coefficient (Wildman–Crippen LogP) is 1.28. The van der Waals surface area contributed by atoms with Gasteiger partial charge in [0.15, 0.2) is 0 Å². The standard InChI is InChI=1S/C13H16N2O2/c1-8-3-4-9(2)11(7-8)15-10(13(14)17)5-6-12(15)16/h3-4,7,10H,5-6H2,1-2H3,(H2,14,17). The van der Waals surface area contributed by atoms with Gasteiger partial charge in [-0.25, -0.2) is 0 Å². The maximum absolute atomic E-state index is 11.9. The van der Waals surface area contributed by atoms with Crippen LogP contribution in [0.15, 0.2) is 18.2 Å². The third-order valence-electron chi connectivity index (χ3n) is 3.16. The molecule has 0 saturated carbocycles. The second kappa shape index (κ2) is 4.20. The lowest BCUT2D eigenvalue weighted by molar-refractivity contribution is -0.121. The average molecular weight is 232 g/mol. The summed E-state index contributed by atoms with van der Waals surface area (Å²) in [6.07, 6.45) is 0.905. The van der Waals surface area contributed by atoms with Gasteiger partial charge in [0.25, 0.3) is 0 Å². The Morgan fingerprint density at radius 2 is 2.12 bits per heavy atom. The topological polar surface area (TPSA) is 63.4 Å². The van der Waals surface area contributed by atoms with Crippen LogP contribution in [-0.4, -0.2) is 17.9 Å². The van der Waals surface area contributed by atoms with Crippen LogP contribution in [0.5, 0.6) is 0 Å². The molecule has 2 rings (SSSR count). The van der Waals surface area contributed by atoms with Crippen molar-refractivity contribution in [2.75, 3.05) is 4.90 Å². The van der Waals surface area contributed by atoms with Crippen LogP contribution in [0.1, 0.15) is 24.0 Å². The molecule has 1 saturated heterocycles. The quantitative estimate of drug-likeness (QED) is 0.835. The molecule has 1 unspecified atom stereocenters. The van der Waals surface area contributed by atoms with Gasteiger partial charge in [-0.05, 0) is 37.5 Å². The number of anilines is 1. The summed E-state index contributed by atoms with van der Waals surface area (Å²) in [6, 6.07) is 5.37. The molecule has 0 aromatic heterocycles. The highest BCUT2D eigenvalue weighted by Gasteiger charge is 2.36. The van der Waals surface area contributed by atoms with E-state index in [1.54, 1.807) is 4.90 Å². The van der Waals surface area contributed by atoms with Crippen molar-refractivity contribution in [2.45, 2.75) is 32.7 Å². The number of nitrogens with zero attached hydrogens (tertiary/aromatic N) is 1. The summed E-state index contributed by atoms with van der Waals surface area (Å²) in [4.78, 5) is 24.8. The average Bonchev–Trinajstić information content (AvgIpc) is 2.64. The molecule has 1 atom stereocenters. The van der Waals surface area contributed by atoms with Crippen molar-refractivity contribution < 1.29 is 9.59 Å². The normalized spacial score (nSPS) is 19.8. The minimum Gasteiger partial charge on any atom is -0.368 e. The summed E-state index contributed by atoms with van der Waals surface area (Å²) in [5, 5.41) is 0. The largest absolute Gasteiger partial charge is 0.368 e. The number of carbonyl (C=O) groups is 2. The maximum atomic E-state index is 11.9. The molecule has 2 amide bonds. The lowest BCUT2D eigenvalue weighted by atomic mass is 10.1. The monoisotopic (exact) mass is 232 g/mol. The Morgan fingerprint density at radius 1 is 1.41 bits per heavy atom. The number of aryl methyl sites for hydroxylation is 2. The number of nitrogens with two attached hydrogens (primary N) is 1. The molecule has 4 nitrogen and oxygen atoms in total. The van der Waals surface area contributed by atoms with Gasteiger partial charge in [0.1, 0.15) is 6.04 Å². The zero-order chi connectivity index (χ0) is 12.6. The first-order valence-corrected chi connectivity index (χ1v) is 5.69. The van der Waals surface area contributed by atoms with Gasteiger partial charge >= 0.3 is 0 Å². The molecule has 90 valence electrons. The number of carbonyl (C=O) groups excluding carboxylic acids is 2. The molecule has 0 radical (unpaired) electrons. The van der Waals surface area contributed by atoms with Crippen LogP contribution in [0.25, 0.3) is 0 Å². The van der Waals surface area contributed by atoms with Crippen molar-refractivity contribution in [1.29, 1.82) is 0 Å². The number of primary amides is 1. The van der Waals surface area contributed by atoms with Crippen LogP contribution in [0, 0.1) is 13.8 Å². The van der Waals surface area contributed by atoms with Crippen molar-refractivity contribution in [2.24, 2.45) is 5.73 Å². The Balaban J connectivity index is 2.46. The van der Waals surface area contributed by atoms with Crippen LogP contribution in [-0.2, 0) is 9.59 Å². The summed E-state index contributed by atoms with van der Waals surface area (Å²) < 4.78 is 0. The van der Waals surface area contributed by atoms with E-state index in [0.29, 0.717) is 12.8 Å². The smallest absolute Gasteiger partial charge is 0.240 e.